The third-order valence-corrected chi connectivity index (χ3v) is 3.47. The van der Waals surface area contributed by atoms with Crippen molar-refractivity contribution in [3.63, 3.8) is 0 Å². The molecule has 0 aromatic heterocycles. The van der Waals surface area contributed by atoms with Gasteiger partial charge in [0, 0.05) is 5.02 Å². The first kappa shape index (κ1) is 15.8. The van der Waals surface area contributed by atoms with Crippen LogP contribution in [-0.4, -0.2) is 0 Å². The zero-order chi connectivity index (χ0) is 15.8. The summed E-state index contributed by atoms with van der Waals surface area (Å²) in [6, 6.07) is 6.93. The van der Waals surface area contributed by atoms with Crippen LogP contribution in [0.3, 0.4) is 0 Å². The summed E-state index contributed by atoms with van der Waals surface area (Å²) in [6.45, 7) is 1.78. The molecule has 0 saturated carbocycles. The maximum atomic E-state index is 13.3. The first-order chi connectivity index (χ1) is 9.70. The van der Waals surface area contributed by atoms with Crippen molar-refractivity contribution in [1.82, 2.24) is 0 Å². The van der Waals surface area contributed by atoms with E-state index < -0.39 is 23.6 Å². The number of benzene rings is 2. The van der Waals surface area contributed by atoms with E-state index in [9.17, 15) is 17.6 Å². The van der Waals surface area contributed by atoms with E-state index in [-0.39, 0.29) is 5.56 Å². The van der Waals surface area contributed by atoms with Crippen LogP contribution < -0.4 is 5.73 Å². The summed E-state index contributed by atoms with van der Waals surface area (Å²) in [6.07, 6.45) is -4.76. The molecule has 0 radical (unpaired) electrons. The molecule has 0 spiro atoms. The Bertz CT molecular complexity index is 667. The summed E-state index contributed by atoms with van der Waals surface area (Å²) < 4.78 is 51.5. The Balaban J connectivity index is 2.49. The normalized spacial score (nSPS) is 13.3. The van der Waals surface area contributed by atoms with Crippen molar-refractivity contribution in [2.45, 2.75) is 19.1 Å². The molecule has 0 fully saturated rings. The molecule has 0 aliphatic heterocycles. The van der Waals surface area contributed by atoms with Crippen molar-refractivity contribution in [2.75, 3.05) is 0 Å². The second-order valence-corrected chi connectivity index (χ2v) is 5.15. The Morgan fingerprint density at radius 1 is 1.10 bits per heavy atom. The van der Waals surface area contributed by atoms with Gasteiger partial charge in [0.05, 0.1) is 11.6 Å². The van der Waals surface area contributed by atoms with E-state index in [4.69, 9.17) is 17.3 Å². The molecule has 0 aliphatic rings. The van der Waals surface area contributed by atoms with Gasteiger partial charge in [-0.2, -0.15) is 13.2 Å². The molecule has 1 atom stereocenters. The van der Waals surface area contributed by atoms with Gasteiger partial charge in [0.25, 0.3) is 0 Å². The average molecular weight is 318 g/mol. The van der Waals surface area contributed by atoms with E-state index in [0.29, 0.717) is 10.6 Å². The number of hydrogen-bond donors (Lipinski definition) is 1. The van der Waals surface area contributed by atoms with E-state index in [0.717, 1.165) is 17.7 Å². The van der Waals surface area contributed by atoms with E-state index in [1.165, 1.54) is 6.07 Å². The van der Waals surface area contributed by atoms with Gasteiger partial charge >= 0.3 is 6.18 Å². The molecule has 6 heteroatoms. The van der Waals surface area contributed by atoms with Crippen molar-refractivity contribution >= 4 is 11.6 Å². The van der Waals surface area contributed by atoms with E-state index >= 15 is 0 Å². The smallest absolute Gasteiger partial charge is 0.320 e. The average Bonchev–Trinajstić information content (AvgIpc) is 2.40. The van der Waals surface area contributed by atoms with E-state index in [1.54, 1.807) is 25.1 Å². The summed E-state index contributed by atoms with van der Waals surface area (Å²) in [5, 5.41) is 0.434. The van der Waals surface area contributed by atoms with Crippen LogP contribution in [0.5, 0.6) is 0 Å². The molecule has 0 bridgehead atoms. The van der Waals surface area contributed by atoms with Gasteiger partial charge in [0.1, 0.15) is 5.82 Å². The summed E-state index contributed by atoms with van der Waals surface area (Å²) in [5.41, 5.74) is 6.25. The van der Waals surface area contributed by atoms with Crippen molar-refractivity contribution in [3.05, 3.63) is 69.5 Å². The van der Waals surface area contributed by atoms with Gasteiger partial charge in [-0.3, -0.25) is 0 Å². The van der Waals surface area contributed by atoms with E-state index in [2.05, 4.69) is 0 Å². The third-order valence-electron chi connectivity index (χ3n) is 3.23. The number of halogens is 5. The monoisotopic (exact) mass is 317 g/mol. The Labute approximate surface area is 124 Å². The number of alkyl halides is 3. The summed E-state index contributed by atoms with van der Waals surface area (Å²) >= 11 is 5.88. The van der Waals surface area contributed by atoms with Gasteiger partial charge in [-0.05, 0) is 47.9 Å². The first-order valence-corrected chi connectivity index (χ1v) is 6.46. The van der Waals surface area contributed by atoms with Crippen molar-refractivity contribution in [1.29, 1.82) is 0 Å². The molecule has 0 heterocycles. The minimum atomic E-state index is -4.76. The van der Waals surface area contributed by atoms with Crippen molar-refractivity contribution in [3.8, 4) is 0 Å². The van der Waals surface area contributed by atoms with Crippen molar-refractivity contribution < 1.29 is 17.6 Å². The van der Waals surface area contributed by atoms with Crippen LogP contribution in [0, 0.1) is 12.7 Å². The van der Waals surface area contributed by atoms with Crippen LogP contribution in [0.4, 0.5) is 17.6 Å². The number of rotatable bonds is 2. The van der Waals surface area contributed by atoms with Gasteiger partial charge in [0.15, 0.2) is 0 Å². The second kappa shape index (κ2) is 5.66. The fraction of sp³-hybridized carbons (Fsp3) is 0.200. The molecule has 21 heavy (non-hydrogen) atoms. The Morgan fingerprint density at radius 3 is 2.38 bits per heavy atom. The second-order valence-electron chi connectivity index (χ2n) is 4.72. The maximum absolute atomic E-state index is 13.3. The minimum absolute atomic E-state index is 0.175. The third kappa shape index (κ3) is 3.36. The lowest BCUT2D eigenvalue weighted by Gasteiger charge is -2.17. The highest BCUT2D eigenvalue weighted by Gasteiger charge is 2.34. The van der Waals surface area contributed by atoms with Gasteiger partial charge in [-0.25, -0.2) is 4.39 Å². The van der Waals surface area contributed by atoms with Crippen LogP contribution in [-0.2, 0) is 6.18 Å². The molecular formula is C15H12ClF4N. The SMILES string of the molecule is Cc1ccc(Cl)cc1C(N)c1ccc(F)c(C(F)(F)F)c1. The highest BCUT2D eigenvalue weighted by Crippen LogP contribution is 2.34. The molecule has 2 N–H and O–H groups in total. The van der Waals surface area contributed by atoms with E-state index in [1.807, 2.05) is 0 Å². The zero-order valence-corrected chi connectivity index (χ0v) is 11.8. The predicted octanol–water partition coefficient (Wildman–Crippen LogP) is 4.85. The van der Waals surface area contributed by atoms with Crippen molar-refractivity contribution in [2.24, 2.45) is 5.73 Å². The van der Waals surface area contributed by atoms with Gasteiger partial charge in [-0.1, -0.05) is 23.7 Å². The molecule has 112 valence electrons. The fourth-order valence-electron chi connectivity index (χ4n) is 2.08. The summed E-state index contributed by atoms with van der Waals surface area (Å²) in [4.78, 5) is 0. The lowest BCUT2D eigenvalue weighted by molar-refractivity contribution is -0.140. The van der Waals surface area contributed by atoms with Crippen LogP contribution in [0.1, 0.15) is 28.3 Å². The molecule has 0 saturated heterocycles. The first-order valence-electron chi connectivity index (χ1n) is 6.08. The molecule has 0 amide bonds. The van der Waals surface area contributed by atoms with Crippen LogP contribution >= 0.6 is 11.6 Å². The van der Waals surface area contributed by atoms with Crippen LogP contribution in [0.25, 0.3) is 0 Å². The maximum Gasteiger partial charge on any atom is 0.419 e. The highest BCUT2D eigenvalue weighted by atomic mass is 35.5. The number of hydrogen-bond acceptors (Lipinski definition) is 1. The quantitative estimate of drug-likeness (QED) is 0.787. The van der Waals surface area contributed by atoms with Gasteiger partial charge < -0.3 is 5.73 Å². The van der Waals surface area contributed by atoms with Crippen LogP contribution in [0.15, 0.2) is 36.4 Å². The lowest BCUT2D eigenvalue weighted by atomic mass is 9.94. The standard InChI is InChI=1S/C15H12ClF4N/c1-8-2-4-10(16)7-11(8)14(21)9-3-5-13(17)12(6-9)15(18,19)20/h2-7,14H,21H2,1H3. The Morgan fingerprint density at radius 2 is 1.76 bits per heavy atom. The molecule has 2 rings (SSSR count). The molecule has 1 nitrogen and oxygen atoms in total. The summed E-state index contributed by atoms with van der Waals surface area (Å²) in [5.74, 6) is -1.32. The topological polar surface area (TPSA) is 26.0 Å². The van der Waals surface area contributed by atoms with Gasteiger partial charge in [0.2, 0.25) is 0 Å². The number of nitrogens with two attached hydrogens (primary N) is 1. The Hall–Kier alpha value is -1.59. The zero-order valence-electron chi connectivity index (χ0n) is 11.0. The molecule has 2 aromatic carbocycles. The Kier molecular flexibility index (Phi) is 4.25. The van der Waals surface area contributed by atoms with Crippen LogP contribution in [0.2, 0.25) is 5.02 Å². The molecular weight excluding hydrogens is 306 g/mol. The predicted molar refractivity (Wildman–Crippen MR) is 73.6 cm³/mol. The highest BCUT2D eigenvalue weighted by molar-refractivity contribution is 6.30. The fourth-order valence-corrected chi connectivity index (χ4v) is 2.26. The van der Waals surface area contributed by atoms with Gasteiger partial charge in [-0.15, -0.1) is 0 Å². The molecule has 2 aromatic rings. The lowest BCUT2D eigenvalue weighted by Crippen LogP contribution is -2.16. The largest absolute Gasteiger partial charge is 0.419 e. The summed E-state index contributed by atoms with van der Waals surface area (Å²) in [7, 11) is 0. The molecule has 0 aliphatic carbocycles. The molecule has 1 unspecified atom stereocenters. The minimum Gasteiger partial charge on any atom is -0.320 e. The number of aryl methyl sites for hydroxylation is 1.